The predicted octanol–water partition coefficient (Wildman–Crippen LogP) is -1.08. The van der Waals surface area contributed by atoms with Gasteiger partial charge in [0.15, 0.2) is 0 Å². The molecule has 0 spiro atoms. The van der Waals surface area contributed by atoms with Gasteiger partial charge in [-0.2, -0.15) is 0 Å². The average molecular weight is 626 g/mol. The van der Waals surface area contributed by atoms with E-state index < -0.39 is 26.5 Å². The summed E-state index contributed by atoms with van der Waals surface area (Å²) in [6.07, 6.45) is 18.3. The Balaban J connectivity index is -0.00000722. The molecular weight excluding hydrogens is 571 g/mol. The quantitative estimate of drug-likeness (QED) is 0.0361. The van der Waals surface area contributed by atoms with Crippen LogP contribution in [0.25, 0.3) is 0 Å². The normalized spacial score (nSPS) is 11.8. The Hall–Kier alpha value is 0.970. The average Bonchev–Trinajstić information content (AvgIpc) is 2.87. The second kappa shape index (κ2) is 33.9. The van der Waals surface area contributed by atoms with Crippen LogP contribution in [0.5, 0.6) is 0 Å². The third-order valence-corrected chi connectivity index (χ3v) is 6.73. The van der Waals surface area contributed by atoms with E-state index in [0.29, 0.717) is 13.0 Å². The van der Waals surface area contributed by atoms with Gasteiger partial charge in [-0.05, 0) is 19.3 Å². The largest absolute Gasteiger partial charge is 1.00 e. The van der Waals surface area contributed by atoms with Crippen LogP contribution in [-0.4, -0.2) is 51.1 Å². The maximum atomic E-state index is 12.2. The first-order valence-corrected chi connectivity index (χ1v) is 16.5. The van der Waals surface area contributed by atoms with Gasteiger partial charge in [0.05, 0.1) is 21.0 Å². The van der Waals surface area contributed by atoms with Gasteiger partial charge in [-0.15, -0.1) is 0 Å². The zero-order valence-electron chi connectivity index (χ0n) is 26.5. The van der Waals surface area contributed by atoms with Crippen molar-refractivity contribution >= 4 is 19.7 Å². The Morgan fingerprint density at radius 3 is 1.78 bits per heavy atom. The molecule has 41 heavy (non-hydrogen) atoms. The monoisotopic (exact) mass is 625 g/mol. The van der Waals surface area contributed by atoms with Crippen LogP contribution in [0.1, 0.15) is 129 Å². The Labute approximate surface area is 293 Å². The van der Waals surface area contributed by atoms with E-state index in [1.165, 1.54) is 51.9 Å². The van der Waals surface area contributed by atoms with Gasteiger partial charge in [0.25, 0.3) is 0 Å². The van der Waals surface area contributed by atoms with Crippen molar-refractivity contribution in [1.82, 2.24) is 5.32 Å². The third kappa shape index (κ3) is 38.9. The number of hydrogen-bond donors (Lipinski definition) is 1. The minimum atomic E-state index is -5.18. The van der Waals surface area contributed by atoms with Crippen LogP contribution in [0.15, 0.2) is 0 Å². The maximum Gasteiger partial charge on any atom is 1.00 e. The standard InChI is InChI=1S/C28H56NO9P.2Na/c1-3-4-5-6-7-8-9-10-11-14-17-20-28(31)38-27(24-37-39(32,33)34)23-36-25-35-22-19-16-13-12-15-18-21-29-26(2)30;;/h27H,3-25H2,1-2H3,(H,29,30)(H2,32,33,34);;/q;2*+1/p-2/t27-;;/m0../s1. The first-order chi connectivity index (χ1) is 18.7. The molecule has 0 fully saturated rings. The van der Waals surface area contributed by atoms with Gasteiger partial charge >= 0.3 is 65.1 Å². The number of rotatable bonds is 29. The van der Waals surface area contributed by atoms with Gasteiger partial charge in [-0.1, -0.05) is 96.8 Å². The van der Waals surface area contributed by atoms with Crippen molar-refractivity contribution < 1.29 is 102 Å². The van der Waals surface area contributed by atoms with Crippen molar-refractivity contribution in [2.75, 3.05) is 33.2 Å². The molecule has 1 atom stereocenters. The molecule has 0 bridgehead atoms. The molecule has 0 aliphatic heterocycles. The smallest absolute Gasteiger partial charge is 0.790 e. The summed E-state index contributed by atoms with van der Waals surface area (Å²) in [6, 6.07) is 0. The fourth-order valence-corrected chi connectivity index (χ4v) is 4.42. The fraction of sp³-hybridized carbons (Fsp3) is 0.929. The number of nitrogens with one attached hydrogen (secondary N) is 1. The van der Waals surface area contributed by atoms with Crippen LogP contribution < -0.4 is 74.2 Å². The molecule has 0 aliphatic rings. The molecule has 0 unspecified atom stereocenters. The summed E-state index contributed by atoms with van der Waals surface area (Å²) in [5.74, 6) is -0.463. The minimum Gasteiger partial charge on any atom is -0.790 e. The molecule has 0 rings (SSSR count). The van der Waals surface area contributed by atoms with Crippen LogP contribution in [0.4, 0.5) is 0 Å². The van der Waals surface area contributed by atoms with E-state index in [9.17, 15) is 23.9 Å². The molecule has 1 N–H and O–H groups in total. The van der Waals surface area contributed by atoms with Gasteiger partial charge in [-0.3, -0.25) is 9.59 Å². The molecule has 10 nitrogen and oxygen atoms in total. The predicted molar refractivity (Wildman–Crippen MR) is 148 cm³/mol. The molecule has 0 saturated heterocycles. The van der Waals surface area contributed by atoms with Gasteiger partial charge in [0, 0.05) is 26.5 Å². The SMILES string of the molecule is CCCCCCCCCCCCCC(=O)O[C@@H](COCOCCCCCCCCNC(C)=O)COP(=O)([O-])[O-].[Na+].[Na+]. The summed E-state index contributed by atoms with van der Waals surface area (Å²) in [4.78, 5) is 44.6. The van der Waals surface area contributed by atoms with E-state index >= 15 is 0 Å². The summed E-state index contributed by atoms with van der Waals surface area (Å²) >= 11 is 0. The van der Waals surface area contributed by atoms with Crippen molar-refractivity contribution in [1.29, 1.82) is 0 Å². The van der Waals surface area contributed by atoms with Crippen LogP contribution in [0, 0.1) is 0 Å². The summed E-state index contributed by atoms with van der Waals surface area (Å²) in [7, 11) is -5.18. The van der Waals surface area contributed by atoms with Crippen molar-refractivity contribution in [2.45, 2.75) is 136 Å². The first-order valence-electron chi connectivity index (χ1n) is 15.0. The first kappa shape index (κ1) is 46.4. The van der Waals surface area contributed by atoms with Crippen molar-refractivity contribution in [2.24, 2.45) is 0 Å². The number of phosphoric ester groups is 1. The van der Waals surface area contributed by atoms with Gasteiger partial charge in [0.1, 0.15) is 12.9 Å². The number of phosphoric acid groups is 1. The maximum absolute atomic E-state index is 12.2. The number of amides is 1. The number of carbonyl (C=O) groups is 2. The summed E-state index contributed by atoms with van der Waals surface area (Å²) in [5, 5.41) is 2.78. The van der Waals surface area contributed by atoms with Crippen LogP contribution in [0.3, 0.4) is 0 Å². The van der Waals surface area contributed by atoms with E-state index in [4.69, 9.17) is 14.2 Å². The van der Waals surface area contributed by atoms with Crippen LogP contribution in [0.2, 0.25) is 0 Å². The van der Waals surface area contributed by atoms with E-state index in [2.05, 4.69) is 16.8 Å². The summed E-state index contributed by atoms with van der Waals surface area (Å²) in [5.41, 5.74) is 0. The number of ether oxygens (including phenoxy) is 3. The van der Waals surface area contributed by atoms with Crippen molar-refractivity contribution in [3.8, 4) is 0 Å². The molecule has 13 heteroatoms. The molecule has 1 amide bonds. The topological polar surface area (TPSA) is 146 Å². The van der Waals surface area contributed by atoms with E-state index in [1.807, 2.05) is 0 Å². The Kier molecular flexibility index (Phi) is 38.3. The van der Waals surface area contributed by atoms with E-state index in [-0.39, 0.29) is 84.8 Å². The Morgan fingerprint density at radius 1 is 0.732 bits per heavy atom. The molecule has 0 aromatic heterocycles. The zero-order chi connectivity index (χ0) is 29.0. The Morgan fingerprint density at radius 2 is 1.24 bits per heavy atom. The second-order valence-electron chi connectivity index (χ2n) is 10.1. The van der Waals surface area contributed by atoms with E-state index in [1.54, 1.807) is 0 Å². The third-order valence-electron chi connectivity index (χ3n) is 6.26. The summed E-state index contributed by atoms with van der Waals surface area (Å²) < 4.78 is 31.2. The van der Waals surface area contributed by atoms with Crippen molar-refractivity contribution in [3.63, 3.8) is 0 Å². The molecule has 0 radical (unpaired) electrons. The van der Waals surface area contributed by atoms with Crippen LogP contribution in [-0.2, 0) is 32.9 Å². The molecule has 0 saturated carbocycles. The van der Waals surface area contributed by atoms with E-state index in [0.717, 1.165) is 64.3 Å². The number of unbranched alkanes of at least 4 members (excludes halogenated alkanes) is 15. The second-order valence-corrected chi connectivity index (χ2v) is 11.3. The molecule has 0 aliphatic carbocycles. The van der Waals surface area contributed by atoms with Gasteiger partial charge in [0.2, 0.25) is 5.91 Å². The fourth-order valence-electron chi connectivity index (χ4n) is 4.07. The van der Waals surface area contributed by atoms with Crippen molar-refractivity contribution in [3.05, 3.63) is 0 Å². The van der Waals surface area contributed by atoms with Crippen LogP contribution >= 0.6 is 7.82 Å². The summed E-state index contributed by atoms with van der Waals surface area (Å²) in [6.45, 7) is 4.24. The zero-order valence-corrected chi connectivity index (χ0v) is 31.4. The Bertz CT molecular complexity index is 642. The van der Waals surface area contributed by atoms with Gasteiger partial charge in [-0.25, -0.2) is 0 Å². The molecule has 0 heterocycles. The molecule has 232 valence electrons. The molecule has 0 aromatic carbocycles. The number of carbonyl (C=O) groups excluding carboxylic acids is 2. The molecular formula is C28H54NNa2O9P. The van der Waals surface area contributed by atoms with Gasteiger partial charge < -0.3 is 38.4 Å². The number of esters is 1. The number of hydrogen-bond acceptors (Lipinski definition) is 9. The minimum absolute atomic E-state index is 0. The molecule has 0 aromatic rings.